The molecule has 1 unspecified atom stereocenters. The third-order valence-corrected chi connectivity index (χ3v) is 1.74. The summed E-state index contributed by atoms with van der Waals surface area (Å²) < 4.78 is 0. The van der Waals surface area contributed by atoms with E-state index in [1.165, 1.54) is 0 Å². The lowest BCUT2D eigenvalue weighted by Crippen LogP contribution is -2.22. The zero-order valence-corrected chi connectivity index (χ0v) is 7.24. The lowest BCUT2D eigenvalue weighted by molar-refractivity contribution is -0.131. The fraction of sp³-hybridized carbons (Fsp3) is 0.625. The standard InChI is InChI=1S/C8H15NO2/c1-4-7(2)9(3)6-5-8(10)11/h5-7H,4H2,1-3H3,(H,10,11). The van der Waals surface area contributed by atoms with E-state index in [-0.39, 0.29) is 0 Å². The van der Waals surface area contributed by atoms with Crippen molar-refractivity contribution < 1.29 is 9.90 Å². The normalized spacial score (nSPS) is 13.4. The molecule has 0 rings (SSSR count). The van der Waals surface area contributed by atoms with Crippen LogP contribution in [0.3, 0.4) is 0 Å². The number of hydrogen-bond acceptors (Lipinski definition) is 2. The minimum Gasteiger partial charge on any atom is -0.478 e. The van der Waals surface area contributed by atoms with Gasteiger partial charge in [0.2, 0.25) is 0 Å². The smallest absolute Gasteiger partial charge is 0.329 e. The number of carboxylic acid groups (broad SMARTS) is 1. The molecule has 3 heteroatoms. The van der Waals surface area contributed by atoms with Crippen molar-refractivity contribution in [1.82, 2.24) is 4.90 Å². The van der Waals surface area contributed by atoms with Crippen molar-refractivity contribution in [2.75, 3.05) is 7.05 Å². The molecule has 0 saturated heterocycles. The molecule has 0 radical (unpaired) electrons. The molecule has 0 aromatic carbocycles. The van der Waals surface area contributed by atoms with E-state index in [9.17, 15) is 4.79 Å². The first-order valence-corrected chi connectivity index (χ1v) is 3.71. The van der Waals surface area contributed by atoms with Gasteiger partial charge in [-0.3, -0.25) is 0 Å². The van der Waals surface area contributed by atoms with Gasteiger partial charge in [-0.1, -0.05) is 6.92 Å². The van der Waals surface area contributed by atoms with E-state index in [2.05, 4.69) is 6.92 Å². The van der Waals surface area contributed by atoms with Gasteiger partial charge in [0.1, 0.15) is 0 Å². The van der Waals surface area contributed by atoms with Crippen molar-refractivity contribution in [3.63, 3.8) is 0 Å². The van der Waals surface area contributed by atoms with Gasteiger partial charge in [-0.25, -0.2) is 4.79 Å². The molecule has 0 aliphatic carbocycles. The summed E-state index contributed by atoms with van der Waals surface area (Å²) in [5.41, 5.74) is 0. The van der Waals surface area contributed by atoms with Gasteiger partial charge >= 0.3 is 5.97 Å². The second-order valence-electron chi connectivity index (χ2n) is 2.58. The fourth-order valence-electron chi connectivity index (χ4n) is 0.616. The number of aliphatic carboxylic acids is 1. The van der Waals surface area contributed by atoms with Crippen molar-refractivity contribution in [3.8, 4) is 0 Å². The third-order valence-electron chi connectivity index (χ3n) is 1.74. The lowest BCUT2D eigenvalue weighted by atomic mass is 10.2. The topological polar surface area (TPSA) is 40.5 Å². The third kappa shape index (κ3) is 4.42. The molecule has 1 N–H and O–H groups in total. The Morgan fingerprint density at radius 3 is 2.64 bits per heavy atom. The highest BCUT2D eigenvalue weighted by atomic mass is 16.4. The van der Waals surface area contributed by atoms with Gasteiger partial charge in [-0.2, -0.15) is 0 Å². The SMILES string of the molecule is CCC(C)N(C)C=CC(=O)O. The number of hydrogen-bond donors (Lipinski definition) is 1. The Kier molecular flexibility index (Phi) is 4.34. The first kappa shape index (κ1) is 10.0. The Labute approximate surface area is 67.3 Å². The number of nitrogens with zero attached hydrogens (tertiary/aromatic N) is 1. The van der Waals surface area contributed by atoms with Crippen LogP contribution in [-0.2, 0) is 4.79 Å². The summed E-state index contributed by atoms with van der Waals surface area (Å²) in [4.78, 5) is 12.0. The maximum absolute atomic E-state index is 10.1. The summed E-state index contributed by atoms with van der Waals surface area (Å²) in [6.45, 7) is 4.11. The molecule has 3 nitrogen and oxygen atoms in total. The van der Waals surface area contributed by atoms with Crippen LogP contribution in [0.1, 0.15) is 20.3 Å². The van der Waals surface area contributed by atoms with Crippen molar-refractivity contribution in [1.29, 1.82) is 0 Å². The molecule has 0 saturated carbocycles. The Morgan fingerprint density at radius 2 is 2.27 bits per heavy atom. The second-order valence-corrected chi connectivity index (χ2v) is 2.58. The summed E-state index contributed by atoms with van der Waals surface area (Å²) in [5.74, 6) is -0.903. The van der Waals surface area contributed by atoms with E-state index < -0.39 is 5.97 Å². The van der Waals surface area contributed by atoms with Gasteiger partial charge in [0.05, 0.1) is 0 Å². The first-order valence-electron chi connectivity index (χ1n) is 3.71. The first-order chi connectivity index (χ1) is 5.07. The predicted molar refractivity (Wildman–Crippen MR) is 44.3 cm³/mol. The van der Waals surface area contributed by atoms with Crippen LogP contribution in [0.25, 0.3) is 0 Å². The largest absolute Gasteiger partial charge is 0.478 e. The highest BCUT2D eigenvalue weighted by Gasteiger charge is 2.00. The summed E-state index contributed by atoms with van der Waals surface area (Å²) in [7, 11) is 1.87. The van der Waals surface area contributed by atoms with Crippen LogP contribution in [-0.4, -0.2) is 29.1 Å². The van der Waals surface area contributed by atoms with Gasteiger partial charge in [0.25, 0.3) is 0 Å². The minimum atomic E-state index is -0.903. The molecule has 1 atom stereocenters. The fourth-order valence-corrected chi connectivity index (χ4v) is 0.616. The summed E-state index contributed by atoms with van der Waals surface area (Å²) >= 11 is 0. The van der Waals surface area contributed by atoms with E-state index >= 15 is 0 Å². The zero-order valence-electron chi connectivity index (χ0n) is 7.24. The molecule has 0 aliphatic rings. The van der Waals surface area contributed by atoms with Crippen molar-refractivity contribution >= 4 is 5.97 Å². The van der Waals surface area contributed by atoms with E-state index in [0.29, 0.717) is 6.04 Å². The van der Waals surface area contributed by atoms with Crippen LogP contribution in [0, 0.1) is 0 Å². The van der Waals surface area contributed by atoms with Gasteiger partial charge in [0, 0.05) is 25.4 Å². The number of carbonyl (C=O) groups is 1. The maximum atomic E-state index is 10.1. The highest BCUT2D eigenvalue weighted by Crippen LogP contribution is 1.99. The van der Waals surface area contributed by atoms with Crippen molar-refractivity contribution in [2.45, 2.75) is 26.3 Å². The van der Waals surface area contributed by atoms with Crippen molar-refractivity contribution in [2.24, 2.45) is 0 Å². The quantitative estimate of drug-likeness (QED) is 0.625. The van der Waals surface area contributed by atoms with E-state index in [4.69, 9.17) is 5.11 Å². The lowest BCUT2D eigenvalue weighted by Gasteiger charge is -2.20. The zero-order chi connectivity index (χ0) is 8.85. The molecular formula is C8H15NO2. The molecular weight excluding hydrogens is 142 g/mol. The van der Waals surface area contributed by atoms with Crippen LogP contribution in [0.15, 0.2) is 12.3 Å². The van der Waals surface area contributed by atoms with Gasteiger partial charge in [0.15, 0.2) is 0 Å². The average molecular weight is 157 g/mol. The second kappa shape index (κ2) is 4.77. The van der Waals surface area contributed by atoms with Gasteiger partial charge < -0.3 is 10.0 Å². The number of carboxylic acids is 1. The molecule has 11 heavy (non-hydrogen) atoms. The molecule has 0 heterocycles. The maximum Gasteiger partial charge on any atom is 0.329 e. The predicted octanol–water partition coefficient (Wildman–Crippen LogP) is 1.31. The Hall–Kier alpha value is -0.990. The molecule has 0 aliphatic heterocycles. The van der Waals surface area contributed by atoms with Gasteiger partial charge in [-0.05, 0) is 13.3 Å². The Balaban J connectivity index is 3.85. The van der Waals surface area contributed by atoms with Crippen LogP contribution < -0.4 is 0 Å². The Morgan fingerprint density at radius 1 is 1.73 bits per heavy atom. The van der Waals surface area contributed by atoms with Crippen LogP contribution in [0.2, 0.25) is 0 Å². The summed E-state index contributed by atoms with van der Waals surface area (Å²) in [5, 5.41) is 8.30. The molecule has 0 aromatic rings. The molecule has 0 fully saturated rings. The summed E-state index contributed by atoms with van der Waals surface area (Å²) in [6, 6.07) is 0.394. The average Bonchev–Trinajstić information content (AvgIpc) is 1.98. The highest BCUT2D eigenvalue weighted by molar-refractivity contribution is 5.79. The van der Waals surface area contributed by atoms with E-state index in [1.807, 2.05) is 18.9 Å². The van der Waals surface area contributed by atoms with Crippen LogP contribution in [0.4, 0.5) is 0 Å². The molecule has 0 bridgehead atoms. The number of rotatable bonds is 4. The van der Waals surface area contributed by atoms with E-state index in [1.54, 1.807) is 6.20 Å². The van der Waals surface area contributed by atoms with Crippen LogP contribution in [0.5, 0.6) is 0 Å². The monoisotopic (exact) mass is 157 g/mol. The van der Waals surface area contributed by atoms with Crippen LogP contribution >= 0.6 is 0 Å². The molecule has 0 aromatic heterocycles. The summed E-state index contributed by atoms with van der Waals surface area (Å²) in [6.07, 6.45) is 3.74. The molecule has 64 valence electrons. The minimum absolute atomic E-state index is 0.394. The van der Waals surface area contributed by atoms with Gasteiger partial charge in [-0.15, -0.1) is 0 Å². The van der Waals surface area contributed by atoms with Crippen molar-refractivity contribution in [3.05, 3.63) is 12.3 Å². The molecule has 0 spiro atoms. The van der Waals surface area contributed by atoms with E-state index in [0.717, 1.165) is 12.5 Å². The molecule has 0 amide bonds. The Bertz CT molecular complexity index is 154.